The number of carbonyl (C=O) groups is 2. The summed E-state index contributed by atoms with van der Waals surface area (Å²) in [6.45, 7) is 3.46. The Morgan fingerprint density at radius 2 is 1.94 bits per heavy atom. The molecule has 0 radical (unpaired) electrons. The van der Waals surface area contributed by atoms with Crippen molar-refractivity contribution < 1.29 is 19.2 Å². The molecule has 1 saturated heterocycles. The second-order valence-corrected chi connectivity index (χ2v) is 7.57. The SMILES string of the molecule is CCC(NC(=O)/C=C\c1cccc([N+](=O)[O-])c1)c1ccccc1OCC(=O)N1CCCC1. The van der Waals surface area contributed by atoms with E-state index in [4.69, 9.17) is 4.74 Å². The van der Waals surface area contributed by atoms with Gasteiger partial charge in [0.25, 0.3) is 11.6 Å². The summed E-state index contributed by atoms with van der Waals surface area (Å²) in [6.07, 6.45) is 5.55. The van der Waals surface area contributed by atoms with Crippen LogP contribution < -0.4 is 10.1 Å². The van der Waals surface area contributed by atoms with Crippen molar-refractivity contribution in [2.45, 2.75) is 32.2 Å². The van der Waals surface area contributed by atoms with Crippen LogP contribution in [0.4, 0.5) is 5.69 Å². The largest absolute Gasteiger partial charge is 0.483 e. The molecule has 1 N–H and O–H groups in total. The normalized spacial score (nSPS) is 14.3. The molecule has 3 rings (SSSR count). The Morgan fingerprint density at radius 3 is 2.66 bits per heavy atom. The van der Waals surface area contributed by atoms with Crippen LogP contribution in [-0.4, -0.2) is 41.3 Å². The Hall–Kier alpha value is -3.68. The first-order chi connectivity index (χ1) is 15.5. The quantitative estimate of drug-likeness (QED) is 0.364. The fourth-order valence-corrected chi connectivity index (χ4v) is 3.63. The zero-order valence-corrected chi connectivity index (χ0v) is 18.0. The molecule has 0 saturated carbocycles. The van der Waals surface area contributed by atoms with Gasteiger partial charge in [0, 0.05) is 36.9 Å². The lowest BCUT2D eigenvalue weighted by atomic mass is 10.0. The van der Waals surface area contributed by atoms with Gasteiger partial charge in [-0.2, -0.15) is 0 Å². The number of likely N-dealkylation sites (tertiary alicyclic amines) is 1. The molecule has 0 aromatic heterocycles. The molecule has 8 heteroatoms. The summed E-state index contributed by atoms with van der Waals surface area (Å²) >= 11 is 0. The molecular weight excluding hydrogens is 410 g/mol. The van der Waals surface area contributed by atoms with Crippen LogP contribution in [0, 0.1) is 10.1 Å². The molecule has 32 heavy (non-hydrogen) atoms. The molecule has 8 nitrogen and oxygen atoms in total. The van der Waals surface area contributed by atoms with Crippen LogP contribution in [0.3, 0.4) is 0 Å². The molecule has 1 unspecified atom stereocenters. The average Bonchev–Trinajstić information content (AvgIpc) is 3.35. The predicted octanol–water partition coefficient (Wildman–Crippen LogP) is 3.88. The highest BCUT2D eigenvalue weighted by Crippen LogP contribution is 2.27. The number of benzene rings is 2. The van der Waals surface area contributed by atoms with Crippen LogP contribution in [0.15, 0.2) is 54.6 Å². The van der Waals surface area contributed by atoms with E-state index in [1.165, 1.54) is 24.3 Å². The first-order valence-electron chi connectivity index (χ1n) is 10.7. The first-order valence-corrected chi connectivity index (χ1v) is 10.7. The molecule has 2 amide bonds. The van der Waals surface area contributed by atoms with Crippen molar-refractivity contribution in [1.29, 1.82) is 0 Å². The Labute approximate surface area is 187 Å². The van der Waals surface area contributed by atoms with Crippen molar-refractivity contribution in [3.63, 3.8) is 0 Å². The van der Waals surface area contributed by atoms with Crippen LogP contribution >= 0.6 is 0 Å². The number of hydrogen-bond acceptors (Lipinski definition) is 5. The number of rotatable bonds is 9. The zero-order valence-electron chi connectivity index (χ0n) is 18.0. The second-order valence-electron chi connectivity index (χ2n) is 7.57. The van der Waals surface area contributed by atoms with Crippen LogP contribution in [0.5, 0.6) is 5.75 Å². The summed E-state index contributed by atoms with van der Waals surface area (Å²) in [5.41, 5.74) is 1.32. The lowest BCUT2D eigenvalue weighted by Gasteiger charge is -2.21. The van der Waals surface area contributed by atoms with E-state index in [0.29, 0.717) is 17.7 Å². The smallest absolute Gasteiger partial charge is 0.270 e. The van der Waals surface area contributed by atoms with E-state index in [1.807, 2.05) is 25.1 Å². The van der Waals surface area contributed by atoms with Crippen molar-refractivity contribution in [1.82, 2.24) is 10.2 Å². The number of non-ortho nitro benzene ring substituents is 1. The third-order valence-corrected chi connectivity index (χ3v) is 5.34. The summed E-state index contributed by atoms with van der Waals surface area (Å²) in [7, 11) is 0. The Kier molecular flexibility index (Phi) is 7.96. The standard InChI is InChI=1S/C24H27N3O5/c1-2-21(25-23(28)13-12-18-8-7-9-19(16-18)27(30)31)20-10-3-4-11-22(20)32-17-24(29)26-14-5-6-15-26/h3-4,7-13,16,21H,2,5-6,14-15,17H2,1H3,(H,25,28)/b13-12-. The molecule has 1 aliphatic rings. The summed E-state index contributed by atoms with van der Waals surface area (Å²) < 4.78 is 5.82. The molecular formula is C24H27N3O5. The summed E-state index contributed by atoms with van der Waals surface area (Å²) in [4.78, 5) is 37.0. The monoisotopic (exact) mass is 437 g/mol. The maximum atomic E-state index is 12.5. The van der Waals surface area contributed by atoms with E-state index in [0.717, 1.165) is 31.5 Å². The van der Waals surface area contributed by atoms with Crippen LogP contribution in [0.25, 0.3) is 6.08 Å². The molecule has 0 bridgehead atoms. The van der Waals surface area contributed by atoms with E-state index in [-0.39, 0.29) is 30.2 Å². The Bertz CT molecular complexity index is 999. The van der Waals surface area contributed by atoms with E-state index in [1.54, 1.807) is 23.1 Å². The van der Waals surface area contributed by atoms with Gasteiger partial charge in [-0.25, -0.2) is 0 Å². The van der Waals surface area contributed by atoms with E-state index >= 15 is 0 Å². The van der Waals surface area contributed by atoms with Gasteiger partial charge in [0.1, 0.15) is 5.75 Å². The van der Waals surface area contributed by atoms with Crippen LogP contribution in [0.1, 0.15) is 43.4 Å². The maximum absolute atomic E-state index is 12.5. The maximum Gasteiger partial charge on any atom is 0.270 e. The number of hydrogen-bond donors (Lipinski definition) is 1. The first kappa shape index (κ1) is 23.0. The van der Waals surface area contributed by atoms with Crippen LogP contribution in [-0.2, 0) is 9.59 Å². The molecule has 1 aliphatic heterocycles. The van der Waals surface area contributed by atoms with Gasteiger partial charge in [-0.3, -0.25) is 19.7 Å². The number of amides is 2. The molecule has 2 aromatic carbocycles. The molecule has 0 spiro atoms. The summed E-state index contributed by atoms with van der Waals surface area (Å²) in [6, 6.07) is 13.1. The van der Waals surface area contributed by atoms with Crippen molar-refractivity contribution >= 4 is 23.6 Å². The zero-order chi connectivity index (χ0) is 22.9. The molecule has 1 atom stereocenters. The molecule has 1 fully saturated rings. The number of nitro groups is 1. The van der Waals surface area contributed by atoms with Crippen molar-refractivity contribution in [2.75, 3.05) is 19.7 Å². The second kappa shape index (κ2) is 11.1. The van der Waals surface area contributed by atoms with Gasteiger partial charge >= 0.3 is 0 Å². The van der Waals surface area contributed by atoms with E-state index in [9.17, 15) is 19.7 Å². The highest BCUT2D eigenvalue weighted by Gasteiger charge is 2.20. The minimum atomic E-state index is -0.476. The van der Waals surface area contributed by atoms with Crippen molar-refractivity contribution in [3.05, 3.63) is 75.8 Å². The minimum absolute atomic E-state index is 0.0331. The lowest BCUT2D eigenvalue weighted by Crippen LogP contribution is -2.32. The molecule has 2 aromatic rings. The summed E-state index contributed by atoms with van der Waals surface area (Å²) in [5.74, 6) is 0.204. The number of nitrogens with one attached hydrogen (secondary N) is 1. The fourth-order valence-electron chi connectivity index (χ4n) is 3.63. The highest BCUT2D eigenvalue weighted by molar-refractivity contribution is 5.92. The average molecular weight is 437 g/mol. The molecule has 1 heterocycles. The number of nitro benzene ring substituents is 1. The highest BCUT2D eigenvalue weighted by atomic mass is 16.6. The summed E-state index contributed by atoms with van der Waals surface area (Å²) in [5, 5.41) is 13.8. The van der Waals surface area contributed by atoms with Gasteiger partial charge in [-0.15, -0.1) is 0 Å². The van der Waals surface area contributed by atoms with Gasteiger partial charge in [0.05, 0.1) is 11.0 Å². The van der Waals surface area contributed by atoms with E-state index < -0.39 is 4.92 Å². The minimum Gasteiger partial charge on any atom is -0.483 e. The fraction of sp³-hybridized carbons (Fsp3) is 0.333. The van der Waals surface area contributed by atoms with Crippen molar-refractivity contribution in [3.8, 4) is 5.75 Å². The molecule has 0 aliphatic carbocycles. The lowest BCUT2D eigenvalue weighted by molar-refractivity contribution is -0.384. The van der Waals surface area contributed by atoms with Gasteiger partial charge in [0.15, 0.2) is 6.61 Å². The predicted molar refractivity (Wildman–Crippen MR) is 121 cm³/mol. The van der Waals surface area contributed by atoms with Crippen molar-refractivity contribution in [2.24, 2.45) is 0 Å². The van der Waals surface area contributed by atoms with E-state index in [2.05, 4.69) is 5.32 Å². The van der Waals surface area contributed by atoms with Gasteiger partial charge in [0.2, 0.25) is 5.91 Å². The van der Waals surface area contributed by atoms with Crippen LogP contribution in [0.2, 0.25) is 0 Å². The number of para-hydroxylation sites is 1. The third kappa shape index (κ3) is 6.16. The Balaban J connectivity index is 1.64. The van der Waals surface area contributed by atoms with Gasteiger partial charge in [-0.1, -0.05) is 37.3 Å². The topological polar surface area (TPSA) is 102 Å². The number of carbonyl (C=O) groups excluding carboxylic acids is 2. The molecule has 168 valence electrons. The number of nitrogens with zero attached hydrogens (tertiary/aromatic N) is 2. The van der Waals surface area contributed by atoms with Gasteiger partial charge in [-0.05, 0) is 37.0 Å². The third-order valence-electron chi connectivity index (χ3n) is 5.34. The Morgan fingerprint density at radius 1 is 1.19 bits per heavy atom. The number of ether oxygens (including phenoxy) is 1. The van der Waals surface area contributed by atoms with Gasteiger partial charge < -0.3 is 15.0 Å².